The molecule has 2 heterocycles. The molecular weight excluding hydrogens is 396 g/mol. The van der Waals surface area contributed by atoms with E-state index in [9.17, 15) is 4.79 Å². The van der Waals surface area contributed by atoms with E-state index < -0.39 is 0 Å². The van der Waals surface area contributed by atoms with Gasteiger partial charge in [0.2, 0.25) is 0 Å². The zero-order valence-corrected chi connectivity index (χ0v) is 18.9. The summed E-state index contributed by atoms with van der Waals surface area (Å²) in [6.07, 6.45) is 2.03. The first-order chi connectivity index (χ1) is 15.6. The van der Waals surface area contributed by atoms with Gasteiger partial charge in [-0.1, -0.05) is 60.7 Å². The van der Waals surface area contributed by atoms with Gasteiger partial charge in [0.1, 0.15) is 0 Å². The molecule has 2 amide bonds. The second-order valence-electron chi connectivity index (χ2n) is 8.69. The van der Waals surface area contributed by atoms with E-state index in [2.05, 4.69) is 81.2 Å². The van der Waals surface area contributed by atoms with Gasteiger partial charge < -0.3 is 15.5 Å². The number of pyridine rings is 1. The lowest BCUT2D eigenvalue weighted by atomic mass is 9.88. The van der Waals surface area contributed by atoms with Crippen molar-refractivity contribution in [3.8, 4) is 0 Å². The van der Waals surface area contributed by atoms with Crippen molar-refractivity contribution in [1.29, 1.82) is 0 Å². The molecule has 2 N–H and O–H groups in total. The first-order valence-corrected chi connectivity index (χ1v) is 11.4. The average Bonchev–Trinajstić information content (AvgIpc) is 3.21. The van der Waals surface area contributed by atoms with Crippen LogP contribution in [0.1, 0.15) is 41.3 Å². The van der Waals surface area contributed by atoms with Crippen LogP contribution in [0.15, 0.2) is 72.8 Å². The summed E-state index contributed by atoms with van der Waals surface area (Å²) >= 11 is 0. The summed E-state index contributed by atoms with van der Waals surface area (Å²) in [5, 5.41) is 6.09. The lowest BCUT2D eigenvalue weighted by molar-refractivity contribution is 0.247. The molecule has 5 nitrogen and oxygen atoms in total. The van der Waals surface area contributed by atoms with Crippen LogP contribution in [0.25, 0.3) is 0 Å². The molecule has 0 saturated carbocycles. The maximum absolute atomic E-state index is 12.5. The quantitative estimate of drug-likeness (QED) is 0.549. The maximum Gasteiger partial charge on any atom is 0.319 e. The molecule has 0 unspecified atom stereocenters. The van der Waals surface area contributed by atoms with Crippen LogP contribution in [0, 0.1) is 13.8 Å². The number of rotatable bonds is 7. The molecule has 1 fully saturated rings. The number of benzene rings is 2. The molecule has 0 radical (unpaired) electrons. The number of nitrogens with one attached hydrogen (secondary N) is 2. The van der Waals surface area contributed by atoms with E-state index in [0.717, 1.165) is 49.6 Å². The third kappa shape index (κ3) is 5.95. The van der Waals surface area contributed by atoms with E-state index >= 15 is 0 Å². The number of amides is 2. The molecule has 4 rings (SSSR count). The van der Waals surface area contributed by atoms with E-state index in [4.69, 9.17) is 0 Å². The van der Waals surface area contributed by atoms with Crippen LogP contribution >= 0.6 is 0 Å². The van der Waals surface area contributed by atoms with Crippen molar-refractivity contribution in [1.82, 2.24) is 15.2 Å². The Kier molecular flexibility index (Phi) is 7.17. The van der Waals surface area contributed by atoms with Crippen molar-refractivity contribution in [2.24, 2.45) is 0 Å². The predicted octanol–water partition coefficient (Wildman–Crippen LogP) is 5.12. The largest absolute Gasteiger partial charge is 0.334 e. The van der Waals surface area contributed by atoms with Gasteiger partial charge in [0.25, 0.3) is 0 Å². The Morgan fingerprint density at radius 3 is 2.19 bits per heavy atom. The number of hydrogen-bond donors (Lipinski definition) is 2. The van der Waals surface area contributed by atoms with E-state index in [1.807, 2.05) is 26.0 Å². The number of urea groups is 1. The highest BCUT2D eigenvalue weighted by Gasteiger charge is 2.25. The highest BCUT2D eigenvalue weighted by atomic mass is 16.2. The molecule has 0 spiro atoms. The van der Waals surface area contributed by atoms with E-state index in [-0.39, 0.29) is 12.1 Å². The number of likely N-dealkylation sites (tertiary alicyclic amines) is 1. The molecule has 1 aliphatic heterocycles. The van der Waals surface area contributed by atoms with Crippen molar-refractivity contribution in [2.75, 3.05) is 25.0 Å². The molecule has 5 heteroatoms. The Morgan fingerprint density at radius 1 is 1.00 bits per heavy atom. The summed E-state index contributed by atoms with van der Waals surface area (Å²) in [6, 6.07) is 25.3. The first-order valence-electron chi connectivity index (χ1n) is 11.4. The van der Waals surface area contributed by atoms with Gasteiger partial charge in [-0.25, -0.2) is 4.79 Å². The number of hydrogen-bond acceptors (Lipinski definition) is 3. The molecule has 166 valence electrons. The lowest BCUT2D eigenvalue weighted by Crippen LogP contribution is -2.39. The summed E-state index contributed by atoms with van der Waals surface area (Å²) in [5.74, 6) is 0.380. The molecule has 1 saturated heterocycles. The number of anilines is 1. The zero-order valence-electron chi connectivity index (χ0n) is 18.9. The molecular formula is C27H32N4O. The predicted molar refractivity (Wildman–Crippen MR) is 130 cm³/mol. The van der Waals surface area contributed by atoms with Gasteiger partial charge in [0, 0.05) is 42.1 Å². The number of carbonyl (C=O) groups excluding carboxylic acids is 1. The molecule has 1 atom stereocenters. The number of aryl methyl sites for hydroxylation is 2. The molecule has 32 heavy (non-hydrogen) atoms. The second kappa shape index (κ2) is 10.4. The van der Waals surface area contributed by atoms with Crippen molar-refractivity contribution >= 4 is 11.7 Å². The van der Waals surface area contributed by atoms with Gasteiger partial charge in [-0.3, -0.25) is 4.98 Å². The number of nitrogens with zero attached hydrogens (tertiary/aromatic N) is 2. The summed E-state index contributed by atoms with van der Waals surface area (Å²) in [7, 11) is 0. The van der Waals surface area contributed by atoms with E-state index in [1.165, 1.54) is 11.1 Å². The maximum atomic E-state index is 12.5. The van der Waals surface area contributed by atoms with Crippen LogP contribution in [0.5, 0.6) is 0 Å². The topological polar surface area (TPSA) is 57.3 Å². The highest BCUT2D eigenvalue weighted by molar-refractivity contribution is 5.89. The summed E-state index contributed by atoms with van der Waals surface area (Å²) in [5.41, 5.74) is 5.30. The zero-order chi connectivity index (χ0) is 22.3. The minimum atomic E-state index is -0.145. The molecule has 1 aliphatic rings. The Bertz CT molecular complexity index is 963. The first kappa shape index (κ1) is 22.0. The van der Waals surface area contributed by atoms with Gasteiger partial charge in [0.15, 0.2) is 0 Å². The van der Waals surface area contributed by atoms with Gasteiger partial charge in [-0.05, 0) is 56.5 Å². The molecule has 0 aliphatic carbocycles. The number of carbonyl (C=O) groups is 1. The standard InChI is InChI=1S/C27H32N4O/c1-20-17-25(18-21(2)28-20)30-27(32)29-24-13-15-31(19-24)16-14-26(22-9-5-3-6-10-22)23-11-7-4-8-12-23/h3-12,17-18,24,26H,13-16,19H2,1-2H3,(H2,28,29,30,32)/t24-/m1/s1. The summed E-state index contributed by atoms with van der Waals surface area (Å²) in [4.78, 5) is 19.3. The van der Waals surface area contributed by atoms with Crippen molar-refractivity contribution in [2.45, 2.75) is 38.6 Å². The van der Waals surface area contributed by atoms with Crippen molar-refractivity contribution in [3.63, 3.8) is 0 Å². The average molecular weight is 429 g/mol. The van der Waals surface area contributed by atoms with Crippen LogP contribution in [-0.4, -0.2) is 41.6 Å². The van der Waals surface area contributed by atoms with Gasteiger partial charge in [-0.2, -0.15) is 0 Å². The van der Waals surface area contributed by atoms with E-state index in [1.54, 1.807) is 0 Å². The Labute approximate surface area is 190 Å². The third-order valence-electron chi connectivity index (χ3n) is 6.08. The fraction of sp³-hybridized carbons (Fsp3) is 0.333. The summed E-state index contributed by atoms with van der Waals surface area (Å²) in [6.45, 7) is 6.77. The van der Waals surface area contributed by atoms with Gasteiger partial charge in [-0.15, -0.1) is 0 Å². The van der Waals surface area contributed by atoms with Gasteiger partial charge in [0.05, 0.1) is 0 Å². The minimum Gasteiger partial charge on any atom is -0.334 e. The van der Waals surface area contributed by atoms with Gasteiger partial charge >= 0.3 is 6.03 Å². The minimum absolute atomic E-state index is 0.145. The Balaban J connectivity index is 1.30. The molecule has 0 bridgehead atoms. The normalized spacial score (nSPS) is 16.3. The van der Waals surface area contributed by atoms with Crippen LogP contribution in [0.3, 0.4) is 0 Å². The fourth-order valence-corrected chi connectivity index (χ4v) is 4.62. The SMILES string of the molecule is Cc1cc(NC(=O)N[C@@H]2CCN(CCC(c3ccccc3)c3ccccc3)C2)cc(C)n1. The van der Waals surface area contributed by atoms with Crippen molar-refractivity contribution < 1.29 is 4.79 Å². The Morgan fingerprint density at radius 2 is 1.59 bits per heavy atom. The van der Waals surface area contributed by atoms with Crippen LogP contribution < -0.4 is 10.6 Å². The Hall–Kier alpha value is -3.18. The molecule has 3 aromatic rings. The van der Waals surface area contributed by atoms with E-state index in [0.29, 0.717) is 5.92 Å². The lowest BCUT2D eigenvalue weighted by Gasteiger charge is -2.22. The molecule has 1 aromatic heterocycles. The summed E-state index contributed by atoms with van der Waals surface area (Å²) < 4.78 is 0. The van der Waals surface area contributed by atoms with Crippen molar-refractivity contribution in [3.05, 3.63) is 95.3 Å². The fourth-order valence-electron chi connectivity index (χ4n) is 4.62. The third-order valence-corrected chi connectivity index (χ3v) is 6.08. The number of aromatic nitrogens is 1. The van der Waals surface area contributed by atoms with Crippen LogP contribution in [0.2, 0.25) is 0 Å². The second-order valence-corrected chi connectivity index (χ2v) is 8.69. The molecule has 2 aromatic carbocycles. The highest BCUT2D eigenvalue weighted by Crippen LogP contribution is 2.28. The van der Waals surface area contributed by atoms with Crippen LogP contribution in [0.4, 0.5) is 10.5 Å². The van der Waals surface area contributed by atoms with Crippen LogP contribution in [-0.2, 0) is 0 Å². The smallest absolute Gasteiger partial charge is 0.319 e. The monoisotopic (exact) mass is 428 g/mol.